The molecule has 0 saturated heterocycles. The van der Waals surface area contributed by atoms with Crippen LogP contribution in [0, 0.1) is 6.92 Å². The number of aromatic carboxylic acids is 1. The van der Waals surface area contributed by atoms with Gasteiger partial charge >= 0.3 is 5.97 Å². The second-order valence-electron chi connectivity index (χ2n) is 3.89. The van der Waals surface area contributed by atoms with Gasteiger partial charge < -0.3 is 9.84 Å². The minimum absolute atomic E-state index is 0.0551. The first-order chi connectivity index (χ1) is 9.10. The number of carboxylic acid groups (broad SMARTS) is 1. The Morgan fingerprint density at radius 2 is 1.89 bits per heavy atom. The Hall–Kier alpha value is -2.01. The van der Waals surface area contributed by atoms with Crippen molar-refractivity contribution in [2.75, 3.05) is 6.26 Å². The van der Waals surface area contributed by atoms with Gasteiger partial charge in [-0.2, -0.15) is 0 Å². The first-order valence-corrected chi connectivity index (χ1v) is 6.85. The molecule has 2 rings (SSSR count). The lowest BCUT2D eigenvalue weighted by molar-refractivity contribution is 0.0693. The number of ether oxygens (including phenoxy) is 1. The second kappa shape index (κ2) is 5.75. The van der Waals surface area contributed by atoms with E-state index in [-0.39, 0.29) is 11.4 Å². The lowest BCUT2D eigenvalue weighted by Crippen LogP contribution is -2.02. The van der Waals surface area contributed by atoms with E-state index in [0.29, 0.717) is 11.4 Å². The molecule has 1 N–H and O–H groups in total. The Kier molecular flexibility index (Phi) is 4.06. The third-order valence-corrected chi connectivity index (χ3v) is 3.25. The quantitative estimate of drug-likeness (QED) is 0.864. The van der Waals surface area contributed by atoms with Gasteiger partial charge in [0.15, 0.2) is 0 Å². The van der Waals surface area contributed by atoms with Crippen LogP contribution in [-0.2, 0) is 0 Å². The SMILES string of the molecule is CSc1ccc(Oc2nc(C)ccc2C(=O)O)cc1. The van der Waals surface area contributed by atoms with Gasteiger partial charge in [0, 0.05) is 10.6 Å². The molecular weight excluding hydrogens is 262 g/mol. The van der Waals surface area contributed by atoms with Crippen LogP contribution < -0.4 is 4.74 Å². The third kappa shape index (κ3) is 3.26. The van der Waals surface area contributed by atoms with Crippen molar-refractivity contribution in [1.82, 2.24) is 4.98 Å². The number of aryl methyl sites for hydroxylation is 1. The van der Waals surface area contributed by atoms with Crippen molar-refractivity contribution in [3.8, 4) is 11.6 Å². The Morgan fingerprint density at radius 1 is 1.21 bits per heavy atom. The van der Waals surface area contributed by atoms with Crippen LogP contribution in [0.5, 0.6) is 11.6 Å². The van der Waals surface area contributed by atoms with Crippen LogP contribution in [0.2, 0.25) is 0 Å². The summed E-state index contributed by atoms with van der Waals surface area (Å²) in [4.78, 5) is 16.3. The van der Waals surface area contributed by atoms with E-state index in [1.165, 1.54) is 6.07 Å². The van der Waals surface area contributed by atoms with Crippen molar-refractivity contribution in [3.05, 3.63) is 47.7 Å². The van der Waals surface area contributed by atoms with E-state index in [2.05, 4.69) is 4.98 Å². The molecule has 4 nitrogen and oxygen atoms in total. The summed E-state index contributed by atoms with van der Waals surface area (Å²) in [6, 6.07) is 10.6. The number of carboxylic acids is 1. The minimum Gasteiger partial charge on any atom is -0.477 e. The van der Waals surface area contributed by atoms with Gasteiger partial charge in [-0.05, 0) is 49.6 Å². The highest BCUT2D eigenvalue weighted by Gasteiger charge is 2.13. The molecule has 98 valence electrons. The number of aromatic nitrogens is 1. The van der Waals surface area contributed by atoms with Gasteiger partial charge in [0.25, 0.3) is 0 Å². The number of hydrogen-bond acceptors (Lipinski definition) is 4. The van der Waals surface area contributed by atoms with Gasteiger partial charge in [0.2, 0.25) is 5.88 Å². The predicted octanol–water partition coefficient (Wildman–Crippen LogP) is 3.60. The number of thioether (sulfide) groups is 1. The summed E-state index contributed by atoms with van der Waals surface area (Å²) < 4.78 is 5.55. The average Bonchev–Trinajstić information content (AvgIpc) is 2.39. The summed E-state index contributed by atoms with van der Waals surface area (Å²) >= 11 is 1.63. The van der Waals surface area contributed by atoms with Crippen molar-refractivity contribution >= 4 is 17.7 Å². The number of hydrogen-bond donors (Lipinski definition) is 1. The van der Waals surface area contributed by atoms with Gasteiger partial charge in [0.1, 0.15) is 11.3 Å². The van der Waals surface area contributed by atoms with E-state index < -0.39 is 5.97 Å². The second-order valence-corrected chi connectivity index (χ2v) is 4.77. The Labute approximate surface area is 115 Å². The van der Waals surface area contributed by atoms with Crippen LogP contribution in [0.4, 0.5) is 0 Å². The molecule has 1 heterocycles. The molecular formula is C14H13NO3S. The van der Waals surface area contributed by atoms with Crippen LogP contribution in [0.3, 0.4) is 0 Å². The molecule has 19 heavy (non-hydrogen) atoms. The predicted molar refractivity (Wildman–Crippen MR) is 74.2 cm³/mol. The molecule has 0 saturated carbocycles. The first kappa shape index (κ1) is 13.4. The zero-order valence-electron chi connectivity index (χ0n) is 10.6. The molecule has 0 aliphatic rings. The third-order valence-electron chi connectivity index (χ3n) is 2.50. The minimum atomic E-state index is -1.05. The maximum absolute atomic E-state index is 11.1. The van der Waals surface area contributed by atoms with Crippen molar-refractivity contribution in [2.24, 2.45) is 0 Å². The van der Waals surface area contributed by atoms with Crippen molar-refractivity contribution in [1.29, 1.82) is 0 Å². The highest BCUT2D eigenvalue weighted by atomic mass is 32.2. The van der Waals surface area contributed by atoms with E-state index in [1.54, 1.807) is 36.9 Å². The van der Waals surface area contributed by atoms with E-state index in [1.807, 2.05) is 18.4 Å². The normalized spacial score (nSPS) is 10.2. The number of pyridine rings is 1. The molecule has 0 unspecified atom stereocenters. The number of nitrogens with zero attached hydrogens (tertiary/aromatic N) is 1. The van der Waals surface area contributed by atoms with E-state index in [9.17, 15) is 4.79 Å². The van der Waals surface area contributed by atoms with Gasteiger partial charge in [-0.1, -0.05) is 0 Å². The van der Waals surface area contributed by atoms with Crippen molar-refractivity contribution < 1.29 is 14.6 Å². The summed E-state index contributed by atoms with van der Waals surface area (Å²) in [5, 5.41) is 9.09. The van der Waals surface area contributed by atoms with Crippen LogP contribution in [0.1, 0.15) is 16.1 Å². The van der Waals surface area contributed by atoms with E-state index >= 15 is 0 Å². The Morgan fingerprint density at radius 3 is 2.47 bits per heavy atom. The lowest BCUT2D eigenvalue weighted by atomic mass is 10.2. The van der Waals surface area contributed by atoms with E-state index in [0.717, 1.165) is 4.90 Å². The number of carbonyl (C=O) groups is 1. The molecule has 0 fully saturated rings. The largest absolute Gasteiger partial charge is 0.477 e. The fourth-order valence-corrected chi connectivity index (χ4v) is 1.94. The molecule has 0 atom stereocenters. The zero-order valence-corrected chi connectivity index (χ0v) is 11.4. The summed E-state index contributed by atoms with van der Waals surface area (Å²) in [6.07, 6.45) is 1.99. The molecule has 0 amide bonds. The molecule has 0 radical (unpaired) electrons. The fourth-order valence-electron chi connectivity index (χ4n) is 1.53. The molecule has 1 aromatic heterocycles. The molecule has 0 aliphatic carbocycles. The van der Waals surface area contributed by atoms with Gasteiger partial charge in [-0.25, -0.2) is 9.78 Å². The number of benzene rings is 1. The van der Waals surface area contributed by atoms with Crippen LogP contribution in [0.15, 0.2) is 41.3 Å². The molecule has 2 aromatic rings. The van der Waals surface area contributed by atoms with Gasteiger partial charge in [0.05, 0.1) is 0 Å². The average molecular weight is 275 g/mol. The number of rotatable bonds is 4. The summed E-state index contributed by atoms with van der Waals surface area (Å²) in [6.45, 7) is 1.79. The Bertz CT molecular complexity index is 596. The Balaban J connectivity index is 2.31. The smallest absolute Gasteiger partial charge is 0.341 e. The fraction of sp³-hybridized carbons (Fsp3) is 0.143. The molecule has 1 aromatic carbocycles. The van der Waals surface area contributed by atoms with Crippen molar-refractivity contribution in [3.63, 3.8) is 0 Å². The van der Waals surface area contributed by atoms with Crippen molar-refractivity contribution in [2.45, 2.75) is 11.8 Å². The molecule has 0 aliphatic heterocycles. The zero-order chi connectivity index (χ0) is 13.8. The molecule has 0 spiro atoms. The maximum atomic E-state index is 11.1. The van der Waals surface area contributed by atoms with E-state index in [4.69, 9.17) is 9.84 Å². The monoisotopic (exact) mass is 275 g/mol. The summed E-state index contributed by atoms with van der Waals surface area (Å²) in [7, 11) is 0. The lowest BCUT2D eigenvalue weighted by Gasteiger charge is -2.08. The summed E-state index contributed by atoms with van der Waals surface area (Å²) in [5.41, 5.74) is 0.764. The topological polar surface area (TPSA) is 59.4 Å². The summed E-state index contributed by atoms with van der Waals surface area (Å²) in [5.74, 6) is -0.369. The van der Waals surface area contributed by atoms with Crippen LogP contribution in [-0.4, -0.2) is 22.3 Å². The van der Waals surface area contributed by atoms with Crippen LogP contribution >= 0.6 is 11.8 Å². The van der Waals surface area contributed by atoms with Gasteiger partial charge in [-0.15, -0.1) is 11.8 Å². The highest BCUT2D eigenvalue weighted by Crippen LogP contribution is 2.25. The van der Waals surface area contributed by atoms with Gasteiger partial charge in [-0.3, -0.25) is 0 Å². The molecule has 0 bridgehead atoms. The first-order valence-electron chi connectivity index (χ1n) is 5.63. The highest BCUT2D eigenvalue weighted by molar-refractivity contribution is 7.98. The van der Waals surface area contributed by atoms with Crippen LogP contribution in [0.25, 0.3) is 0 Å². The molecule has 5 heteroatoms. The standard InChI is InChI=1S/C14H13NO3S/c1-9-3-8-12(14(16)17)13(15-9)18-10-4-6-11(19-2)7-5-10/h3-8H,1-2H3,(H,16,17). The maximum Gasteiger partial charge on any atom is 0.341 e.